The number of hydrogen-bond acceptors (Lipinski definition) is 4. The van der Waals surface area contributed by atoms with Crippen molar-refractivity contribution >= 4 is 139 Å². The molecule has 432 valence electrons. The third kappa shape index (κ3) is 16.7. The van der Waals surface area contributed by atoms with Gasteiger partial charge >= 0.3 is 68.3 Å². The molecule has 12 heteroatoms. The van der Waals surface area contributed by atoms with E-state index in [0.29, 0.717) is 0 Å². The zero-order valence-corrected chi connectivity index (χ0v) is 56.5. The third-order valence-corrected chi connectivity index (χ3v) is 36.4. The van der Waals surface area contributed by atoms with Crippen molar-refractivity contribution < 1.29 is 68.3 Å². The van der Waals surface area contributed by atoms with Gasteiger partial charge < -0.3 is 48.3 Å². The Morgan fingerprint density at radius 2 is 0.179 bits per heavy atom. The summed E-state index contributed by atoms with van der Waals surface area (Å²) < 4.78 is 0. The summed E-state index contributed by atoms with van der Waals surface area (Å²) >= 11 is 25.0. The van der Waals surface area contributed by atoms with Crippen molar-refractivity contribution in [3.05, 3.63) is 364 Å². The van der Waals surface area contributed by atoms with Gasteiger partial charge in [0.25, 0.3) is 0 Å². The van der Waals surface area contributed by atoms with E-state index in [2.05, 4.69) is 291 Å². The minimum absolute atomic E-state index is 0. The van der Waals surface area contributed by atoms with E-state index in [0.717, 1.165) is 0 Å². The molecule has 0 aromatic heterocycles. The quantitative estimate of drug-likeness (QED) is 0.0682. The molecule has 0 aliphatic heterocycles. The Morgan fingerprint density at radius 1 is 0.119 bits per heavy atom. The monoisotopic (exact) mass is 1420 g/mol. The van der Waals surface area contributed by atoms with Gasteiger partial charge in [-0.1, -0.05) is 426 Å². The first-order valence-corrected chi connectivity index (χ1v) is 39.3. The molecule has 0 heterocycles. The molecule has 0 radical (unpaired) electrons. The average Bonchev–Trinajstić information content (AvgIpc) is 2.92. The molecule has 12 rings (SSSR count). The molecule has 0 nitrogen and oxygen atoms in total. The Bertz CT molecular complexity index is 2800. The van der Waals surface area contributed by atoms with Crippen molar-refractivity contribution in [2.75, 3.05) is 0 Å². The minimum atomic E-state index is -2.29. The molecule has 0 bridgehead atoms. The van der Waals surface area contributed by atoms with Crippen LogP contribution < -0.4 is 62.2 Å². The van der Waals surface area contributed by atoms with Crippen LogP contribution in [-0.4, -0.2) is 28.9 Å². The first-order chi connectivity index (χ1) is 39.3. The second-order valence-corrected chi connectivity index (χ2v) is 38.8. The summed E-state index contributed by atoms with van der Waals surface area (Å²) in [5, 5.41) is 15.2. The average molecular weight is 1420 g/mol. The van der Waals surface area contributed by atoms with Gasteiger partial charge in [0, 0.05) is 28.9 Å². The smallest absolute Gasteiger partial charge is 0.782 e. The van der Waals surface area contributed by atoms with Crippen molar-refractivity contribution in [3.63, 3.8) is 0 Å². The van der Waals surface area contributed by atoms with Gasteiger partial charge in [0.15, 0.2) is 0 Å². The van der Waals surface area contributed by atoms with Crippen LogP contribution in [-0.2, 0) is 117 Å². The van der Waals surface area contributed by atoms with Crippen LogP contribution in [0.15, 0.2) is 364 Å². The summed E-state index contributed by atoms with van der Waals surface area (Å²) in [5.74, 6) is 0. The molecule has 12 aromatic carbocycles. The first kappa shape index (κ1) is 69.8. The molecule has 0 amide bonds. The molecule has 12 aromatic rings. The molecule has 0 aliphatic rings. The van der Waals surface area contributed by atoms with E-state index < -0.39 is 28.9 Å². The molecule has 0 aliphatic carbocycles. The van der Waals surface area contributed by atoms with Gasteiger partial charge in [-0.25, -0.2) is 0 Å². The fourth-order valence-electron chi connectivity index (χ4n) is 10.1. The predicted octanol–water partition coefficient (Wildman–Crippen LogP) is 8.79. The van der Waals surface area contributed by atoms with Gasteiger partial charge in [-0.15, -0.1) is 0 Å². The van der Waals surface area contributed by atoms with Gasteiger partial charge in [-0.05, 0) is 0 Å². The van der Waals surface area contributed by atoms with Crippen molar-refractivity contribution in [1.82, 2.24) is 0 Å². The first-order valence-electron chi connectivity index (χ1n) is 26.7. The fourth-order valence-corrected chi connectivity index (χ4v) is 26.9. The Morgan fingerprint density at radius 3 is 0.238 bits per heavy atom. The van der Waals surface area contributed by atoms with Gasteiger partial charge in [-0.3, -0.25) is 0 Å². The zero-order chi connectivity index (χ0) is 55.4. The second-order valence-electron chi connectivity index (χ2n) is 19.1. The molecule has 0 unspecified atom stereocenters. The third-order valence-electron chi connectivity index (χ3n) is 14.2. The topological polar surface area (TPSA) is 0 Å². The summed E-state index contributed by atoms with van der Waals surface area (Å²) in [6, 6.07) is 126. The second kappa shape index (κ2) is 35.0. The van der Waals surface area contributed by atoms with Crippen LogP contribution in [0, 0.1) is 0 Å². The van der Waals surface area contributed by atoms with Crippen LogP contribution in [0.25, 0.3) is 0 Å². The summed E-state index contributed by atoms with van der Waals surface area (Å²) in [6.45, 7) is 0. The fraction of sp³-hybridized carbons (Fsp3) is 0. The van der Waals surface area contributed by atoms with Gasteiger partial charge in [0.05, 0.1) is 0 Å². The van der Waals surface area contributed by atoms with Crippen LogP contribution in [0.1, 0.15) is 0 Å². The summed E-state index contributed by atoms with van der Waals surface area (Å²) in [6.07, 6.45) is 0. The maximum atomic E-state index is 6.24. The summed E-state index contributed by atoms with van der Waals surface area (Å²) in [5.41, 5.74) is 0. The molecule has 0 fully saturated rings. The van der Waals surface area contributed by atoms with Crippen molar-refractivity contribution in [1.29, 1.82) is 0 Å². The van der Waals surface area contributed by atoms with E-state index >= 15 is 0 Å². The Balaban J connectivity index is 0.000000202. The SMILES string of the molecule is [Cu+].[Cu+].[Cu+].[Cu+].[S-][Si](c1ccccc1)(c1ccccc1)c1ccccc1.[S-][Si](c1ccccc1)(c1ccccc1)c1ccccc1.[S-][Si](c1ccccc1)(c1ccccc1)c1ccccc1.[S-][Si](c1ccccc1)(c1ccccc1)c1ccccc1. The minimum Gasteiger partial charge on any atom is -0.782 e. The maximum absolute atomic E-state index is 6.24. The van der Waals surface area contributed by atoms with Crippen LogP contribution in [0.3, 0.4) is 0 Å². The molecule has 0 atom stereocenters. The number of hydrogen-bond donors (Lipinski definition) is 0. The molecule has 0 spiro atoms. The van der Waals surface area contributed by atoms with E-state index in [1.54, 1.807) is 0 Å². The molecular weight excluding hydrogens is 1360 g/mol. The molecule has 0 saturated heterocycles. The van der Waals surface area contributed by atoms with Gasteiger partial charge in [0.1, 0.15) is 0 Å². The van der Waals surface area contributed by atoms with Crippen LogP contribution >= 0.6 is 0 Å². The van der Waals surface area contributed by atoms with Crippen LogP contribution in [0.5, 0.6) is 0 Å². The van der Waals surface area contributed by atoms with E-state index in [9.17, 15) is 0 Å². The van der Waals surface area contributed by atoms with E-state index in [1.165, 1.54) is 62.2 Å². The van der Waals surface area contributed by atoms with Crippen molar-refractivity contribution in [3.8, 4) is 0 Å². The molecule has 0 N–H and O–H groups in total. The Hall–Kier alpha value is -5.01. The Kier molecular flexibility index (Phi) is 29.0. The number of rotatable bonds is 12. The van der Waals surface area contributed by atoms with E-state index in [1.807, 2.05) is 72.8 Å². The normalized spacial score (nSPS) is 10.7. The van der Waals surface area contributed by atoms with Gasteiger partial charge in [-0.2, -0.15) is 0 Å². The van der Waals surface area contributed by atoms with Crippen LogP contribution in [0.4, 0.5) is 0 Å². The summed E-state index contributed by atoms with van der Waals surface area (Å²) in [4.78, 5) is 0. The van der Waals surface area contributed by atoms with Crippen LogP contribution in [0.2, 0.25) is 0 Å². The van der Waals surface area contributed by atoms with Gasteiger partial charge in [0.2, 0.25) is 0 Å². The van der Waals surface area contributed by atoms with Crippen molar-refractivity contribution in [2.45, 2.75) is 0 Å². The standard InChI is InChI=1S/4C18H15SSi.4Cu/c4*19-20(16-10-4-1-5-11-16,17-12-6-2-7-13-17)18-14-8-3-9-15-18;;;;/h4*1-15H;;;;/q4*-1;4*+1. The molecule has 0 saturated carbocycles. The zero-order valence-electron chi connectivity index (χ0n) is 45.5. The summed E-state index contributed by atoms with van der Waals surface area (Å²) in [7, 11) is -9.18. The number of benzene rings is 12. The Labute approximate surface area is 565 Å². The van der Waals surface area contributed by atoms with E-state index in [-0.39, 0.29) is 68.3 Å². The molecular formula is C72H60Cu4S4Si4. The largest absolute Gasteiger partial charge is 1.00 e. The van der Waals surface area contributed by atoms with Crippen molar-refractivity contribution in [2.24, 2.45) is 0 Å². The molecule has 84 heavy (non-hydrogen) atoms. The van der Waals surface area contributed by atoms with E-state index in [4.69, 9.17) is 48.3 Å². The predicted molar refractivity (Wildman–Crippen MR) is 365 cm³/mol. The maximum Gasteiger partial charge on any atom is 1.00 e.